The highest BCUT2D eigenvalue weighted by Gasteiger charge is 2.18. The van der Waals surface area contributed by atoms with Crippen LogP contribution in [0.5, 0.6) is 0 Å². The van der Waals surface area contributed by atoms with Gasteiger partial charge in [-0.15, -0.1) is 0 Å². The number of benzene rings is 1. The molecule has 1 aromatic carbocycles. The number of hydrogen-bond acceptors (Lipinski definition) is 2. The number of hydrogen-bond donors (Lipinski definition) is 2. The van der Waals surface area contributed by atoms with Gasteiger partial charge in [0, 0.05) is 6.42 Å². The highest BCUT2D eigenvalue weighted by molar-refractivity contribution is 6.00. The van der Waals surface area contributed by atoms with E-state index in [0.717, 1.165) is 18.3 Å². The molecule has 0 bridgehead atoms. The molecule has 1 aromatic heterocycles. The smallest absolute Gasteiger partial charge is 0.338 e. The van der Waals surface area contributed by atoms with Crippen LogP contribution < -0.4 is 0 Å². The van der Waals surface area contributed by atoms with Crippen molar-refractivity contribution in [2.75, 3.05) is 0 Å². The van der Waals surface area contributed by atoms with E-state index in [1.54, 1.807) is 0 Å². The van der Waals surface area contributed by atoms with E-state index in [-0.39, 0.29) is 5.56 Å². The highest BCUT2D eigenvalue weighted by Crippen LogP contribution is 2.27. The largest absolute Gasteiger partial charge is 0.478 e. The minimum atomic E-state index is -1.15. The Bertz CT molecular complexity index is 645. The summed E-state index contributed by atoms with van der Waals surface area (Å²) in [7, 11) is 0. The maximum atomic E-state index is 13.4. The predicted octanol–water partition coefficient (Wildman–Crippen LogP) is 3.52. The maximum Gasteiger partial charge on any atom is 0.338 e. The van der Waals surface area contributed by atoms with E-state index >= 15 is 0 Å². The molecule has 2 aromatic rings. The number of aromatic nitrogens is 2. The van der Waals surface area contributed by atoms with Crippen LogP contribution in [0.4, 0.5) is 4.39 Å². The number of imidazole rings is 1. The Kier molecular flexibility index (Phi) is 3.42. The third-order valence-electron chi connectivity index (χ3n) is 4.04. The molecule has 1 aliphatic carbocycles. The van der Waals surface area contributed by atoms with Crippen LogP contribution in [0, 0.1) is 11.7 Å². The molecule has 3 rings (SSSR count). The molecule has 1 fully saturated rings. The van der Waals surface area contributed by atoms with Crippen molar-refractivity contribution in [1.82, 2.24) is 9.97 Å². The highest BCUT2D eigenvalue weighted by atomic mass is 19.1. The number of aromatic carboxylic acids is 1. The third kappa shape index (κ3) is 2.53. The van der Waals surface area contributed by atoms with Crippen molar-refractivity contribution in [2.45, 2.75) is 38.5 Å². The number of carboxylic acids is 1. The van der Waals surface area contributed by atoms with E-state index in [2.05, 4.69) is 9.97 Å². The van der Waals surface area contributed by atoms with Gasteiger partial charge in [-0.3, -0.25) is 0 Å². The molecule has 0 amide bonds. The van der Waals surface area contributed by atoms with Gasteiger partial charge in [0.1, 0.15) is 17.2 Å². The zero-order chi connectivity index (χ0) is 14.1. The van der Waals surface area contributed by atoms with Gasteiger partial charge in [-0.2, -0.15) is 0 Å². The fraction of sp³-hybridized carbons (Fsp3) is 0.467. The lowest BCUT2D eigenvalue weighted by Gasteiger charge is -2.20. The molecule has 106 valence electrons. The molecule has 4 nitrogen and oxygen atoms in total. The summed E-state index contributed by atoms with van der Waals surface area (Å²) in [5.74, 6) is -0.338. The van der Waals surface area contributed by atoms with E-state index < -0.39 is 11.8 Å². The van der Waals surface area contributed by atoms with E-state index in [1.807, 2.05) is 0 Å². The number of aromatic amines is 1. The Morgan fingerprint density at radius 3 is 2.80 bits per heavy atom. The first-order chi connectivity index (χ1) is 9.63. The third-order valence-corrected chi connectivity index (χ3v) is 4.04. The van der Waals surface area contributed by atoms with Crippen LogP contribution in [0.15, 0.2) is 12.1 Å². The van der Waals surface area contributed by atoms with E-state index in [4.69, 9.17) is 5.11 Å². The topological polar surface area (TPSA) is 66.0 Å². The van der Waals surface area contributed by atoms with Crippen molar-refractivity contribution in [3.63, 3.8) is 0 Å². The Morgan fingerprint density at radius 1 is 1.35 bits per heavy atom. The van der Waals surface area contributed by atoms with Gasteiger partial charge in [0.2, 0.25) is 0 Å². The normalized spacial score (nSPS) is 16.6. The van der Waals surface area contributed by atoms with Gasteiger partial charge in [-0.25, -0.2) is 14.2 Å². The Balaban J connectivity index is 1.93. The van der Waals surface area contributed by atoms with Crippen LogP contribution in [0.1, 0.15) is 48.3 Å². The standard InChI is InChI=1S/C15H17FN2O2/c16-10-7-11(15(19)20)14-12(8-10)17-13(18-14)6-9-4-2-1-3-5-9/h7-9H,1-6H2,(H,17,18)(H,19,20). The van der Waals surface area contributed by atoms with Gasteiger partial charge in [0.25, 0.3) is 0 Å². The maximum absolute atomic E-state index is 13.4. The number of H-pyrrole nitrogens is 1. The number of halogens is 1. The molecule has 2 N–H and O–H groups in total. The number of nitrogens with zero attached hydrogens (tertiary/aromatic N) is 1. The molecule has 0 aliphatic heterocycles. The fourth-order valence-electron chi connectivity index (χ4n) is 3.06. The first-order valence-corrected chi connectivity index (χ1v) is 7.05. The number of carbonyl (C=O) groups is 1. The van der Waals surface area contributed by atoms with Crippen molar-refractivity contribution >= 4 is 17.0 Å². The van der Waals surface area contributed by atoms with Crippen molar-refractivity contribution in [3.8, 4) is 0 Å². The second kappa shape index (κ2) is 5.23. The molecule has 1 heterocycles. The molecule has 1 saturated carbocycles. The lowest BCUT2D eigenvalue weighted by atomic mass is 9.87. The Labute approximate surface area is 116 Å². The van der Waals surface area contributed by atoms with Gasteiger partial charge < -0.3 is 10.1 Å². The molecule has 0 saturated heterocycles. The Morgan fingerprint density at radius 2 is 2.10 bits per heavy atom. The molecule has 0 radical (unpaired) electrons. The van der Waals surface area contributed by atoms with Gasteiger partial charge >= 0.3 is 5.97 Å². The van der Waals surface area contributed by atoms with Crippen molar-refractivity contribution in [2.24, 2.45) is 5.92 Å². The second-order valence-corrected chi connectivity index (χ2v) is 5.55. The summed E-state index contributed by atoms with van der Waals surface area (Å²) in [6.07, 6.45) is 6.99. The molecule has 5 heteroatoms. The summed E-state index contributed by atoms with van der Waals surface area (Å²) < 4.78 is 13.4. The first kappa shape index (κ1) is 13.1. The van der Waals surface area contributed by atoms with E-state index in [9.17, 15) is 9.18 Å². The average Bonchev–Trinajstić information content (AvgIpc) is 2.80. The Hall–Kier alpha value is -1.91. The predicted molar refractivity (Wildman–Crippen MR) is 73.3 cm³/mol. The summed E-state index contributed by atoms with van der Waals surface area (Å²) >= 11 is 0. The van der Waals surface area contributed by atoms with Crippen LogP contribution in [-0.4, -0.2) is 21.0 Å². The van der Waals surface area contributed by atoms with Crippen LogP contribution in [-0.2, 0) is 6.42 Å². The van der Waals surface area contributed by atoms with Crippen LogP contribution >= 0.6 is 0 Å². The number of nitrogens with one attached hydrogen (secondary N) is 1. The summed E-state index contributed by atoms with van der Waals surface area (Å²) in [5.41, 5.74) is 0.740. The van der Waals surface area contributed by atoms with Crippen LogP contribution in [0.3, 0.4) is 0 Å². The van der Waals surface area contributed by atoms with Crippen LogP contribution in [0.25, 0.3) is 11.0 Å². The monoisotopic (exact) mass is 276 g/mol. The molecular formula is C15H17FN2O2. The SMILES string of the molecule is O=C(O)c1cc(F)cc2[nH]c(CC3CCCCC3)nc12. The molecule has 0 atom stereocenters. The van der Waals surface area contributed by atoms with Crippen molar-refractivity contribution in [3.05, 3.63) is 29.3 Å². The van der Waals surface area contributed by atoms with E-state index in [0.29, 0.717) is 17.0 Å². The number of fused-ring (bicyclic) bond motifs is 1. The van der Waals surface area contributed by atoms with E-state index in [1.165, 1.54) is 38.2 Å². The molecule has 0 spiro atoms. The van der Waals surface area contributed by atoms with Gasteiger partial charge in [-0.05, 0) is 18.1 Å². The zero-order valence-electron chi connectivity index (χ0n) is 11.2. The minimum absolute atomic E-state index is 0.0776. The fourth-order valence-corrected chi connectivity index (χ4v) is 3.06. The summed E-state index contributed by atoms with van der Waals surface area (Å²) in [6, 6.07) is 2.33. The number of carboxylic acid groups (broad SMARTS) is 1. The van der Waals surface area contributed by atoms with Crippen molar-refractivity contribution in [1.29, 1.82) is 0 Å². The minimum Gasteiger partial charge on any atom is -0.478 e. The lowest BCUT2D eigenvalue weighted by Crippen LogP contribution is -2.10. The van der Waals surface area contributed by atoms with Gasteiger partial charge in [0.05, 0.1) is 11.1 Å². The van der Waals surface area contributed by atoms with Gasteiger partial charge in [-0.1, -0.05) is 32.1 Å². The zero-order valence-corrected chi connectivity index (χ0v) is 11.2. The second-order valence-electron chi connectivity index (χ2n) is 5.55. The average molecular weight is 276 g/mol. The summed E-state index contributed by atoms with van der Waals surface area (Å²) in [4.78, 5) is 18.6. The first-order valence-electron chi connectivity index (χ1n) is 7.05. The number of rotatable bonds is 3. The molecule has 1 aliphatic rings. The quantitative estimate of drug-likeness (QED) is 0.901. The lowest BCUT2D eigenvalue weighted by molar-refractivity contribution is 0.0698. The summed E-state index contributed by atoms with van der Waals surface area (Å²) in [5, 5.41) is 9.12. The van der Waals surface area contributed by atoms with Crippen molar-refractivity contribution < 1.29 is 14.3 Å². The molecule has 0 unspecified atom stereocenters. The van der Waals surface area contributed by atoms with Gasteiger partial charge in [0.15, 0.2) is 0 Å². The summed E-state index contributed by atoms with van der Waals surface area (Å²) in [6.45, 7) is 0. The van der Waals surface area contributed by atoms with Crippen LogP contribution in [0.2, 0.25) is 0 Å². The molecule has 20 heavy (non-hydrogen) atoms. The molecular weight excluding hydrogens is 259 g/mol.